The van der Waals surface area contributed by atoms with Crippen LogP contribution in [0, 0.1) is 0 Å². The Bertz CT molecular complexity index is 153. The van der Waals surface area contributed by atoms with Crippen molar-refractivity contribution in [2.45, 2.75) is 32.2 Å². The number of esters is 1. The van der Waals surface area contributed by atoms with Gasteiger partial charge in [-0.2, -0.15) is 11.8 Å². The molecule has 3 nitrogen and oxygen atoms in total. The van der Waals surface area contributed by atoms with E-state index < -0.39 is 0 Å². The van der Waals surface area contributed by atoms with Crippen LogP contribution in [-0.4, -0.2) is 37.7 Å². The van der Waals surface area contributed by atoms with Crippen LogP contribution in [0.1, 0.15) is 26.2 Å². The van der Waals surface area contributed by atoms with Crippen molar-refractivity contribution >= 4 is 17.7 Å². The highest BCUT2D eigenvalue weighted by Crippen LogP contribution is 2.08. The molecule has 0 saturated carbocycles. The summed E-state index contributed by atoms with van der Waals surface area (Å²) in [7, 11) is 3.41. The van der Waals surface area contributed by atoms with Gasteiger partial charge in [0, 0.05) is 11.8 Å². The van der Waals surface area contributed by atoms with Gasteiger partial charge < -0.3 is 10.1 Å². The van der Waals surface area contributed by atoms with Gasteiger partial charge in [0.05, 0.1) is 13.5 Å². The lowest BCUT2D eigenvalue weighted by Gasteiger charge is -2.08. The van der Waals surface area contributed by atoms with E-state index in [-0.39, 0.29) is 5.97 Å². The molecule has 0 bridgehead atoms. The fourth-order valence-corrected chi connectivity index (χ4v) is 1.88. The summed E-state index contributed by atoms with van der Waals surface area (Å²) < 4.78 is 4.55. The van der Waals surface area contributed by atoms with Gasteiger partial charge in [-0.25, -0.2) is 0 Å². The van der Waals surface area contributed by atoms with E-state index in [2.05, 4.69) is 17.0 Å². The Morgan fingerprint density at radius 3 is 2.79 bits per heavy atom. The van der Waals surface area contributed by atoms with Crippen LogP contribution in [0.5, 0.6) is 0 Å². The van der Waals surface area contributed by atoms with Gasteiger partial charge in [-0.3, -0.25) is 4.79 Å². The molecular weight excluding hydrogens is 198 g/mol. The third-order valence-electron chi connectivity index (χ3n) is 2.10. The van der Waals surface area contributed by atoms with Gasteiger partial charge in [-0.1, -0.05) is 0 Å². The summed E-state index contributed by atoms with van der Waals surface area (Å²) in [5.74, 6) is 1.89. The SMILES string of the molecule is CNC(C)CCCSCCC(=O)OC. The van der Waals surface area contributed by atoms with Crippen molar-refractivity contribution in [1.82, 2.24) is 5.32 Å². The zero-order valence-corrected chi connectivity index (χ0v) is 10.2. The Hall–Kier alpha value is -0.220. The molecule has 0 saturated heterocycles. The monoisotopic (exact) mass is 219 g/mol. The van der Waals surface area contributed by atoms with Crippen molar-refractivity contribution in [3.05, 3.63) is 0 Å². The molecule has 0 aliphatic rings. The first-order valence-corrected chi connectivity index (χ1v) is 6.18. The Morgan fingerprint density at radius 2 is 2.21 bits per heavy atom. The number of ether oxygens (including phenoxy) is 1. The van der Waals surface area contributed by atoms with Crippen molar-refractivity contribution in [2.75, 3.05) is 25.7 Å². The number of methoxy groups -OCH3 is 1. The van der Waals surface area contributed by atoms with Crippen LogP contribution in [0.25, 0.3) is 0 Å². The largest absolute Gasteiger partial charge is 0.469 e. The zero-order chi connectivity index (χ0) is 10.8. The van der Waals surface area contributed by atoms with E-state index in [9.17, 15) is 4.79 Å². The molecule has 0 aliphatic carbocycles. The van der Waals surface area contributed by atoms with E-state index in [0.717, 1.165) is 11.5 Å². The first-order valence-electron chi connectivity index (χ1n) is 5.02. The van der Waals surface area contributed by atoms with E-state index in [1.54, 1.807) is 0 Å². The van der Waals surface area contributed by atoms with Gasteiger partial charge in [0.1, 0.15) is 0 Å². The molecule has 4 heteroatoms. The number of thioether (sulfide) groups is 1. The minimum absolute atomic E-state index is 0.110. The van der Waals surface area contributed by atoms with Crippen LogP contribution in [0.15, 0.2) is 0 Å². The molecule has 0 radical (unpaired) electrons. The Morgan fingerprint density at radius 1 is 1.50 bits per heavy atom. The third-order valence-corrected chi connectivity index (χ3v) is 3.17. The highest BCUT2D eigenvalue weighted by atomic mass is 32.2. The average Bonchev–Trinajstić information content (AvgIpc) is 2.22. The van der Waals surface area contributed by atoms with Gasteiger partial charge >= 0.3 is 5.97 Å². The molecule has 0 amide bonds. The van der Waals surface area contributed by atoms with Crippen LogP contribution in [0.3, 0.4) is 0 Å². The maximum Gasteiger partial charge on any atom is 0.306 e. The van der Waals surface area contributed by atoms with Crippen LogP contribution in [-0.2, 0) is 9.53 Å². The van der Waals surface area contributed by atoms with Gasteiger partial charge in [-0.05, 0) is 32.6 Å². The molecule has 0 rings (SSSR count). The van der Waals surface area contributed by atoms with Crippen LogP contribution < -0.4 is 5.32 Å². The molecular formula is C10H21NO2S. The molecule has 1 N–H and O–H groups in total. The van der Waals surface area contributed by atoms with Crippen molar-refractivity contribution in [2.24, 2.45) is 0 Å². The maximum atomic E-state index is 10.8. The van der Waals surface area contributed by atoms with E-state index in [4.69, 9.17) is 0 Å². The van der Waals surface area contributed by atoms with Crippen molar-refractivity contribution in [3.8, 4) is 0 Å². The Kier molecular flexibility index (Phi) is 9.19. The fourth-order valence-electron chi connectivity index (χ4n) is 0.996. The standard InChI is InChI=1S/C10H21NO2S/c1-9(11-2)5-4-7-14-8-6-10(12)13-3/h9,11H,4-8H2,1-3H3. The molecule has 1 atom stereocenters. The first-order chi connectivity index (χ1) is 6.70. The lowest BCUT2D eigenvalue weighted by Crippen LogP contribution is -2.20. The molecule has 0 aliphatic heterocycles. The van der Waals surface area contributed by atoms with Crippen LogP contribution in [0.2, 0.25) is 0 Å². The normalized spacial score (nSPS) is 12.5. The number of rotatable bonds is 8. The lowest BCUT2D eigenvalue weighted by atomic mass is 10.2. The van der Waals surface area contributed by atoms with E-state index in [1.807, 2.05) is 18.8 Å². The molecule has 0 heterocycles. The minimum atomic E-state index is -0.110. The van der Waals surface area contributed by atoms with Gasteiger partial charge in [0.2, 0.25) is 0 Å². The van der Waals surface area contributed by atoms with E-state index >= 15 is 0 Å². The van der Waals surface area contributed by atoms with Crippen molar-refractivity contribution < 1.29 is 9.53 Å². The smallest absolute Gasteiger partial charge is 0.306 e. The number of nitrogens with one attached hydrogen (secondary N) is 1. The molecule has 0 fully saturated rings. The summed E-state index contributed by atoms with van der Waals surface area (Å²) in [6, 6.07) is 0.594. The van der Waals surface area contributed by atoms with Gasteiger partial charge in [0.25, 0.3) is 0 Å². The van der Waals surface area contributed by atoms with E-state index in [0.29, 0.717) is 12.5 Å². The predicted molar refractivity (Wildman–Crippen MR) is 61.7 cm³/mol. The highest BCUT2D eigenvalue weighted by molar-refractivity contribution is 7.99. The summed E-state index contributed by atoms with van der Waals surface area (Å²) in [6.07, 6.45) is 2.93. The van der Waals surface area contributed by atoms with Crippen molar-refractivity contribution in [3.63, 3.8) is 0 Å². The highest BCUT2D eigenvalue weighted by Gasteiger charge is 2.00. The first kappa shape index (κ1) is 13.8. The molecule has 0 aromatic heterocycles. The van der Waals surface area contributed by atoms with Crippen LogP contribution in [0.4, 0.5) is 0 Å². The second-order valence-electron chi connectivity index (χ2n) is 3.27. The van der Waals surface area contributed by atoms with Crippen LogP contribution >= 0.6 is 11.8 Å². The Labute approximate surface area is 91.0 Å². The molecule has 14 heavy (non-hydrogen) atoms. The summed E-state index contributed by atoms with van der Waals surface area (Å²) in [4.78, 5) is 10.8. The number of carbonyl (C=O) groups excluding carboxylic acids is 1. The second-order valence-corrected chi connectivity index (χ2v) is 4.50. The summed E-state index contributed by atoms with van der Waals surface area (Å²) in [5, 5.41) is 3.20. The minimum Gasteiger partial charge on any atom is -0.469 e. The molecule has 1 unspecified atom stereocenters. The fraction of sp³-hybridized carbons (Fsp3) is 0.900. The second kappa shape index (κ2) is 9.34. The lowest BCUT2D eigenvalue weighted by molar-refractivity contribution is -0.140. The molecule has 0 spiro atoms. The summed E-state index contributed by atoms with van der Waals surface area (Å²) >= 11 is 1.82. The van der Waals surface area contributed by atoms with Crippen molar-refractivity contribution in [1.29, 1.82) is 0 Å². The number of hydrogen-bond donors (Lipinski definition) is 1. The number of carbonyl (C=O) groups is 1. The van der Waals surface area contributed by atoms with Gasteiger partial charge in [-0.15, -0.1) is 0 Å². The molecule has 0 aromatic carbocycles. The predicted octanol–water partition coefficient (Wildman–Crippen LogP) is 1.67. The van der Waals surface area contributed by atoms with E-state index in [1.165, 1.54) is 20.0 Å². The third kappa shape index (κ3) is 8.38. The van der Waals surface area contributed by atoms with Gasteiger partial charge in [0.15, 0.2) is 0 Å². The summed E-state index contributed by atoms with van der Waals surface area (Å²) in [6.45, 7) is 2.18. The Balaban J connectivity index is 3.10. The molecule has 84 valence electrons. The molecule has 0 aromatic rings. The number of hydrogen-bond acceptors (Lipinski definition) is 4. The zero-order valence-electron chi connectivity index (χ0n) is 9.34. The average molecular weight is 219 g/mol. The quantitative estimate of drug-likeness (QED) is 0.498. The summed E-state index contributed by atoms with van der Waals surface area (Å²) in [5.41, 5.74) is 0. The maximum absolute atomic E-state index is 10.8. The topological polar surface area (TPSA) is 38.3 Å².